The highest BCUT2D eigenvalue weighted by Crippen LogP contribution is 2.31. The first-order chi connectivity index (χ1) is 16.9. The zero-order valence-electron chi connectivity index (χ0n) is 19.5. The number of nitrogens with one attached hydrogen (secondary N) is 1. The van der Waals surface area contributed by atoms with E-state index in [-0.39, 0.29) is 0 Å². The van der Waals surface area contributed by atoms with Crippen molar-refractivity contribution in [2.24, 2.45) is 0 Å². The Morgan fingerprint density at radius 2 is 1.86 bits per heavy atom. The maximum Gasteiger partial charge on any atom is 0.158 e. The maximum atomic E-state index is 9.43. The molecule has 5 aromatic rings. The quantitative estimate of drug-likeness (QED) is 0.414. The minimum Gasteiger partial charge on any atom is -0.329 e. The molecule has 35 heavy (non-hydrogen) atoms. The second-order valence-electron chi connectivity index (χ2n) is 8.80. The molecule has 0 bridgehead atoms. The molecule has 170 valence electrons. The molecule has 0 radical (unpaired) electrons. The van der Waals surface area contributed by atoms with Crippen molar-refractivity contribution in [2.45, 2.75) is 32.7 Å². The topological polar surface area (TPSA) is 133 Å². The molecule has 4 aromatic heterocycles. The zero-order chi connectivity index (χ0) is 24.6. The van der Waals surface area contributed by atoms with Gasteiger partial charge in [0.05, 0.1) is 59.3 Å². The predicted molar refractivity (Wildman–Crippen MR) is 130 cm³/mol. The van der Waals surface area contributed by atoms with Crippen molar-refractivity contribution in [1.29, 1.82) is 10.5 Å². The van der Waals surface area contributed by atoms with Gasteiger partial charge in [-0.1, -0.05) is 23.4 Å². The largest absolute Gasteiger partial charge is 0.329 e. The summed E-state index contributed by atoms with van der Waals surface area (Å²) in [6.45, 7) is 6.01. The standard InChI is InChI=1S/C26H21N9/c1-16-17(11-27)6-4-8-19(16)21-10-20(24-25(32-21)30-15-29-24)22-13-35(34-33-22)12-18-7-5-9-23(31-18)26(2,3)14-28/h4-10,13,15H,12H2,1-3H3,(H,29,30,32). The molecule has 0 atom stereocenters. The Morgan fingerprint density at radius 3 is 2.66 bits per heavy atom. The van der Waals surface area contributed by atoms with Crippen LogP contribution in [0.3, 0.4) is 0 Å². The van der Waals surface area contributed by atoms with Crippen LogP contribution in [0.2, 0.25) is 0 Å². The number of rotatable bonds is 5. The number of fused-ring (bicyclic) bond motifs is 1. The normalized spacial score (nSPS) is 11.3. The van der Waals surface area contributed by atoms with E-state index in [4.69, 9.17) is 4.98 Å². The lowest BCUT2D eigenvalue weighted by Crippen LogP contribution is -2.17. The van der Waals surface area contributed by atoms with Crippen molar-refractivity contribution in [2.75, 3.05) is 0 Å². The predicted octanol–water partition coefficient (Wildman–Crippen LogP) is 4.31. The van der Waals surface area contributed by atoms with Gasteiger partial charge in [0.1, 0.15) is 11.2 Å². The van der Waals surface area contributed by atoms with Crippen LogP contribution in [0.1, 0.15) is 36.4 Å². The summed E-state index contributed by atoms with van der Waals surface area (Å²) >= 11 is 0. The van der Waals surface area contributed by atoms with Crippen LogP contribution in [0.15, 0.2) is 55.0 Å². The summed E-state index contributed by atoms with van der Waals surface area (Å²) in [4.78, 5) is 16.9. The first-order valence-electron chi connectivity index (χ1n) is 11.0. The molecule has 0 amide bonds. The van der Waals surface area contributed by atoms with E-state index in [9.17, 15) is 10.5 Å². The Balaban J connectivity index is 1.53. The van der Waals surface area contributed by atoms with Gasteiger partial charge in [0.2, 0.25) is 0 Å². The van der Waals surface area contributed by atoms with Crippen LogP contribution in [0.25, 0.3) is 33.7 Å². The molecule has 9 heteroatoms. The third-order valence-corrected chi connectivity index (χ3v) is 5.98. The van der Waals surface area contributed by atoms with Crippen molar-refractivity contribution >= 4 is 11.2 Å². The average Bonchev–Trinajstić information content (AvgIpc) is 3.53. The number of nitrogens with zero attached hydrogens (tertiary/aromatic N) is 8. The van der Waals surface area contributed by atoms with E-state index in [0.717, 1.165) is 22.4 Å². The van der Waals surface area contributed by atoms with Crippen molar-refractivity contribution in [3.8, 4) is 34.7 Å². The van der Waals surface area contributed by atoms with E-state index in [1.165, 1.54) is 0 Å². The first kappa shape index (κ1) is 21.9. The molecule has 0 saturated carbocycles. The molecule has 0 aliphatic rings. The third-order valence-electron chi connectivity index (χ3n) is 5.98. The molecule has 1 N–H and O–H groups in total. The summed E-state index contributed by atoms with van der Waals surface area (Å²) in [5, 5.41) is 27.6. The zero-order valence-corrected chi connectivity index (χ0v) is 19.5. The number of pyridine rings is 2. The number of imidazole rings is 1. The molecule has 0 fully saturated rings. The van der Waals surface area contributed by atoms with Gasteiger partial charge >= 0.3 is 0 Å². The van der Waals surface area contributed by atoms with E-state index in [1.54, 1.807) is 17.1 Å². The van der Waals surface area contributed by atoms with Gasteiger partial charge in [-0.15, -0.1) is 5.10 Å². The Hall–Kier alpha value is -4.89. The minimum absolute atomic E-state index is 0.410. The van der Waals surface area contributed by atoms with Crippen molar-refractivity contribution < 1.29 is 0 Å². The van der Waals surface area contributed by atoms with Gasteiger partial charge in [0, 0.05) is 11.1 Å². The summed E-state index contributed by atoms with van der Waals surface area (Å²) in [6, 6.07) is 17.7. The van der Waals surface area contributed by atoms with E-state index >= 15 is 0 Å². The van der Waals surface area contributed by atoms with Gasteiger partial charge < -0.3 is 4.98 Å². The van der Waals surface area contributed by atoms with Crippen LogP contribution < -0.4 is 0 Å². The summed E-state index contributed by atoms with van der Waals surface area (Å²) in [6.07, 6.45) is 3.44. The maximum absolute atomic E-state index is 9.43. The Kier molecular flexibility index (Phi) is 5.31. The fourth-order valence-corrected chi connectivity index (χ4v) is 3.93. The molecule has 9 nitrogen and oxygen atoms in total. The van der Waals surface area contributed by atoms with Crippen LogP contribution in [0.5, 0.6) is 0 Å². The molecule has 0 aliphatic carbocycles. The molecular weight excluding hydrogens is 438 g/mol. The Morgan fingerprint density at radius 1 is 1.03 bits per heavy atom. The number of H-pyrrole nitrogens is 1. The number of aromatic nitrogens is 7. The Bertz CT molecular complexity index is 1640. The summed E-state index contributed by atoms with van der Waals surface area (Å²) in [7, 11) is 0. The second-order valence-corrected chi connectivity index (χ2v) is 8.80. The second kappa shape index (κ2) is 8.47. The minimum atomic E-state index is -0.677. The molecule has 0 spiro atoms. The number of benzene rings is 1. The van der Waals surface area contributed by atoms with Gasteiger partial charge in [-0.3, -0.25) is 4.98 Å². The van der Waals surface area contributed by atoms with E-state index in [1.807, 2.05) is 63.4 Å². The number of hydrogen-bond acceptors (Lipinski definition) is 7. The SMILES string of the molecule is Cc1c(C#N)cccc1-c1cc(-c2cn(Cc3cccc(C(C)(C)C#N)n3)nn2)c2nc[nH]c2n1. The highest BCUT2D eigenvalue weighted by Gasteiger charge is 2.22. The molecular formula is C26H21N9. The number of nitriles is 2. The molecule has 0 aliphatic heterocycles. The number of hydrogen-bond donors (Lipinski definition) is 1. The van der Waals surface area contributed by atoms with E-state index in [2.05, 4.69) is 37.4 Å². The molecule has 0 unspecified atom stereocenters. The van der Waals surface area contributed by atoms with Crippen molar-refractivity contribution in [1.82, 2.24) is 34.9 Å². The van der Waals surface area contributed by atoms with Crippen molar-refractivity contribution in [3.05, 3.63) is 77.5 Å². The van der Waals surface area contributed by atoms with Gasteiger partial charge in [-0.25, -0.2) is 14.6 Å². The Labute approximate surface area is 201 Å². The molecule has 0 saturated heterocycles. The summed E-state index contributed by atoms with van der Waals surface area (Å²) in [5.41, 5.74) is 6.62. The fourth-order valence-electron chi connectivity index (χ4n) is 3.93. The number of aromatic amines is 1. The van der Waals surface area contributed by atoms with E-state index < -0.39 is 5.41 Å². The van der Waals surface area contributed by atoms with Crippen LogP contribution in [0, 0.1) is 29.6 Å². The van der Waals surface area contributed by atoms with Crippen LogP contribution >= 0.6 is 0 Å². The van der Waals surface area contributed by atoms with E-state index in [0.29, 0.717) is 40.4 Å². The molecule has 1 aromatic carbocycles. The highest BCUT2D eigenvalue weighted by atomic mass is 15.4. The molecule has 5 rings (SSSR count). The lowest BCUT2D eigenvalue weighted by atomic mass is 9.91. The fraction of sp³-hybridized carbons (Fsp3) is 0.192. The smallest absolute Gasteiger partial charge is 0.158 e. The summed E-state index contributed by atoms with van der Waals surface area (Å²) in [5.74, 6) is 0. The first-order valence-corrected chi connectivity index (χ1v) is 11.0. The van der Waals surface area contributed by atoms with Crippen LogP contribution in [0.4, 0.5) is 0 Å². The monoisotopic (exact) mass is 459 g/mol. The molecule has 4 heterocycles. The van der Waals surface area contributed by atoms with Crippen LogP contribution in [-0.4, -0.2) is 34.9 Å². The van der Waals surface area contributed by atoms with Gasteiger partial charge in [0.15, 0.2) is 5.65 Å². The van der Waals surface area contributed by atoms with Gasteiger partial charge in [-0.2, -0.15) is 10.5 Å². The summed E-state index contributed by atoms with van der Waals surface area (Å²) < 4.78 is 1.71. The van der Waals surface area contributed by atoms with Crippen molar-refractivity contribution in [3.63, 3.8) is 0 Å². The third kappa shape index (κ3) is 4.00. The van der Waals surface area contributed by atoms with Gasteiger partial charge in [0.25, 0.3) is 0 Å². The average molecular weight is 460 g/mol. The highest BCUT2D eigenvalue weighted by molar-refractivity contribution is 5.91. The lowest BCUT2D eigenvalue weighted by molar-refractivity contribution is 0.616. The van der Waals surface area contributed by atoms with Crippen LogP contribution in [-0.2, 0) is 12.0 Å². The lowest BCUT2D eigenvalue weighted by Gasteiger charge is -2.15. The van der Waals surface area contributed by atoms with Gasteiger partial charge in [-0.05, 0) is 50.6 Å².